The largest absolute Gasteiger partial charge is 0.356 e. The maximum absolute atomic E-state index is 13.4. The Kier molecular flexibility index (Phi) is 6.68. The molecular formula is C24H29FN2O2. The van der Waals surface area contributed by atoms with Gasteiger partial charge in [-0.25, -0.2) is 4.39 Å². The van der Waals surface area contributed by atoms with Crippen LogP contribution in [0.1, 0.15) is 47.7 Å². The summed E-state index contributed by atoms with van der Waals surface area (Å²) in [7, 11) is 0. The smallest absolute Gasteiger partial charge is 0.253 e. The highest BCUT2D eigenvalue weighted by atomic mass is 19.1. The second-order valence-corrected chi connectivity index (χ2v) is 8.31. The average molecular weight is 397 g/mol. The molecule has 4 nitrogen and oxygen atoms in total. The number of hydrogen-bond acceptors (Lipinski definition) is 2. The first kappa shape index (κ1) is 21.0. The first-order valence-corrected chi connectivity index (χ1v) is 10.2. The van der Waals surface area contributed by atoms with E-state index in [2.05, 4.69) is 19.2 Å². The summed E-state index contributed by atoms with van der Waals surface area (Å²) in [5, 5.41) is 3.02. The number of carbonyl (C=O) groups is 2. The van der Waals surface area contributed by atoms with Crippen LogP contribution in [0.5, 0.6) is 0 Å². The molecule has 2 amide bonds. The van der Waals surface area contributed by atoms with Gasteiger partial charge in [-0.2, -0.15) is 0 Å². The van der Waals surface area contributed by atoms with Crippen molar-refractivity contribution in [3.63, 3.8) is 0 Å². The second-order valence-electron chi connectivity index (χ2n) is 8.31. The number of hydrogen-bond donors (Lipinski definition) is 1. The van der Waals surface area contributed by atoms with Gasteiger partial charge in [0.25, 0.3) is 5.91 Å². The molecule has 1 heterocycles. The van der Waals surface area contributed by atoms with Gasteiger partial charge in [-0.05, 0) is 49.1 Å². The molecule has 29 heavy (non-hydrogen) atoms. The van der Waals surface area contributed by atoms with E-state index in [1.54, 1.807) is 17.0 Å². The van der Waals surface area contributed by atoms with Crippen molar-refractivity contribution >= 4 is 11.8 Å². The normalized spacial score (nSPS) is 18.9. The van der Waals surface area contributed by atoms with Crippen LogP contribution in [0.3, 0.4) is 0 Å². The molecule has 2 aromatic carbocycles. The summed E-state index contributed by atoms with van der Waals surface area (Å²) in [5.74, 6) is -0.413. The zero-order valence-electron chi connectivity index (χ0n) is 17.3. The molecule has 2 aromatic rings. The highest BCUT2D eigenvalue weighted by Crippen LogP contribution is 2.34. The van der Waals surface area contributed by atoms with Crippen LogP contribution in [-0.4, -0.2) is 36.3 Å². The molecule has 0 bridgehead atoms. The van der Waals surface area contributed by atoms with Crippen LogP contribution in [-0.2, 0) is 4.79 Å². The van der Waals surface area contributed by atoms with E-state index in [1.165, 1.54) is 12.1 Å². The van der Waals surface area contributed by atoms with Gasteiger partial charge in [0, 0.05) is 31.1 Å². The fourth-order valence-electron chi connectivity index (χ4n) is 3.78. The van der Waals surface area contributed by atoms with Gasteiger partial charge < -0.3 is 10.2 Å². The molecule has 2 atom stereocenters. The molecule has 0 spiro atoms. The van der Waals surface area contributed by atoms with Crippen molar-refractivity contribution in [2.75, 3.05) is 19.6 Å². The van der Waals surface area contributed by atoms with E-state index in [1.807, 2.05) is 31.2 Å². The minimum atomic E-state index is -0.345. The molecule has 154 valence electrons. The maximum atomic E-state index is 13.4. The third-order valence-corrected chi connectivity index (χ3v) is 5.56. The Labute approximate surface area is 172 Å². The number of aryl methyl sites for hydroxylation is 1. The quantitative estimate of drug-likeness (QED) is 0.797. The molecule has 5 heteroatoms. The fraction of sp³-hybridized carbons (Fsp3) is 0.417. The maximum Gasteiger partial charge on any atom is 0.253 e. The Morgan fingerprint density at radius 3 is 2.34 bits per heavy atom. The molecule has 3 rings (SSSR count). The molecule has 0 aromatic heterocycles. The molecular weight excluding hydrogens is 367 g/mol. The molecule has 1 aliphatic heterocycles. The van der Waals surface area contributed by atoms with Crippen molar-refractivity contribution in [1.82, 2.24) is 10.2 Å². The summed E-state index contributed by atoms with van der Waals surface area (Å²) < 4.78 is 13.4. The summed E-state index contributed by atoms with van der Waals surface area (Å²) in [6, 6.07) is 13.7. The number of nitrogens with zero attached hydrogens (tertiary/aromatic N) is 1. The Bertz CT molecular complexity index is 846. The van der Waals surface area contributed by atoms with Crippen molar-refractivity contribution in [3.05, 3.63) is 71.0 Å². The molecule has 0 radical (unpaired) electrons. The predicted octanol–water partition coefficient (Wildman–Crippen LogP) is 4.15. The highest BCUT2D eigenvalue weighted by Gasteiger charge is 2.40. The van der Waals surface area contributed by atoms with E-state index in [0.717, 1.165) is 17.5 Å². The number of benzene rings is 2. The summed E-state index contributed by atoms with van der Waals surface area (Å²) in [6.07, 6.45) is 0.908. The van der Waals surface area contributed by atoms with Gasteiger partial charge in [0.1, 0.15) is 5.82 Å². The van der Waals surface area contributed by atoms with Gasteiger partial charge >= 0.3 is 0 Å². The van der Waals surface area contributed by atoms with Crippen LogP contribution in [0, 0.1) is 24.6 Å². The SMILES string of the molecule is Cc1ccc(C(=O)N2CC(C(=O)NCCC(C)C)C(c3ccc(F)cc3)C2)cc1. The minimum absolute atomic E-state index is 0.0424. The van der Waals surface area contributed by atoms with Crippen LogP contribution in [0.2, 0.25) is 0 Å². The van der Waals surface area contributed by atoms with Crippen LogP contribution in [0.15, 0.2) is 48.5 Å². The lowest BCUT2D eigenvalue weighted by atomic mass is 9.88. The van der Waals surface area contributed by atoms with Crippen molar-refractivity contribution in [2.45, 2.75) is 33.1 Å². The van der Waals surface area contributed by atoms with Gasteiger partial charge in [0.15, 0.2) is 0 Å². The van der Waals surface area contributed by atoms with Crippen molar-refractivity contribution in [1.29, 1.82) is 0 Å². The Morgan fingerprint density at radius 2 is 1.72 bits per heavy atom. The summed E-state index contributed by atoms with van der Waals surface area (Å²) in [4.78, 5) is 27.6. The van der Waals surface area contributed by atoms with Gasteiger partial charge in [0.2, 0.25) is 5.91 Å². The van der Waals surface area contributed by atoms with Crippen LogP contribution < -0.4 is 5.32 Å². The van der Waals surface area contributed by atoms with Crippen LogP contribution in [0.25, 0.3) is 0 Å². The van der Waals surface area contributed by atoms with Crippen LogP contribution >= 0.6 is 0 Å². The zero-order valence-corrected chi connectivity index (χ0v) is 17.3. The fourth-order valence-corrected chi connectivity index (χ4v) is 3.78. The van der Waals surface area contributed by atoms with Crippen LogP contribution in [0.4, 0.5) is 4.39 Å². The molecule has 0 saturated carbocycles. The summed E-state index contributed by atoms with van der Waals surface area (Å²) in [5.41, 5.74) is 2.60. The predicted molar refractivity (Wildman–Crippen MR) is 112 cm³/mol. The molecule has 1 fully saturated rings. The van der Waals surface area contributed by atoms with Gasteiger partial charge in [-0.1, -0.05) is 43.7 Å². The number of likely N-dealkylation sites (tertiary alicyclic amines) is 1. The van der Waals surface area contributed by atoms with E-state index in [-0.39, 0.29) is 29.5 Å². The average Bonchev–Trinajstić information content (AvgIpc) is 3.14. The highest BCUT2D eigenvalue weighted by molar-refractivity contribution is 5.95. The monoisotopic (exact) mass is 396 g/mol. The minimum Gasteiger partial charge on any atom is -0.356 e. The van der Waals surface area contributed by atoms with Gasteiger partial charge in [-0.15, -0.1) is 0 Å². The third-order valence-electron chi connectivity index (χ3n) is 5.56. The first-order chi connectivity index (χ1) is 13.8. The second kappa shape index (κ2) is 9.21. The third kappa shape index (κ3) is 5.22. The van der Waals surface area contributed by atoms with E-state index >= 15 is 0 Å². The molecule has 1 N–H and O–H groups in total. The molecule has 0 aliphatic carbocycles. The number of halogens is 1. The lowest BCUT2D eigenvalue weighted by Crippen LogP contribution is -2.36. The van der Waals surface area contributed by atoms with Gasteiger partial charge in [-0.3, -0.25) is 9.59 Å². The topological polar surface area (TPSA) is 49.4 Å². The van der Waals surface area contributed by atoms with E-state index < -0.39 is 0 Å². The Hall–Kier alpha value is -2.69. The number of nitrogens with one attached hydrogen (secondary N) is 1. The summed E-state index contributed by atoms with van der Waals surface area (Å²) in [6.45, 7) is 7.64. The van der Waals surface area contributed by atoms with E-state index in [9.17, 15) is 14.0 Å². The van der Waals surface area contributed by atoms with E-state index in [0.29, 0.717) is 31.1 Å². The first-order valence-electron chi connectivity index (χ1n) is 10.2. The van der Waals surface area contributed by atoms with Crippen molar-refractivity contribution in [2.24, 2.45) is 11.8 Å². The van der Waals surface area contributed by atoms with Gasteiger partial charge in [0.05, 0.1) is 5.92 Å². The lowest BCUT2D eigenvalue weighted by molar-refractivity contribution is -0.124. The summed E-state index contributed by atoms with van der Waals surface area (Å²) >= 11 is 0. The molecule has 1 saturated heterocycles. The molecule has 2 unspecified atom stereocenters. The zero-order chi connectivity index (χ0) is 21.0. The standard InChI is InChI=1S/C24H29FN2O2/c1-16(2)12-13-26-23(28)22-15-27(24(29)19-6-4-17(3)5-7-19)14-21(22)18-8-10-20(25)11-9-18/h4-11,16,21-22H,12-15H2,1-3H3,(H,26,28). The Morgan fingerprint density at radius 1 is 1.07 bits per heavy atom. The number of amides is 2. The molecule has 1 aliphatic rings. The van der Waals surface area contributed by atoms with E-state index in [4.69, 9.17) is 0 Å². The van der Waals surface area contributed by atoms with Crippen molar-refractivity contribution < 1.29 is 14.0 Å². The van der Waals surface area contributed by atoms with Crippen molar-refractivity contribution in [3.8, 4) is 0 Å². The Balaban J connectivity index is 1.79. The number of carbonyl (C=O) groups excluding carboxylic acids is 2. The number of rotatable bonds is 6. The lowest BCUT2D eigenvalue weighted by Gasteiger charge is -2.18.